The highest BCUT2D eigenvalue weighted by Gasteiger charge is 2.24. The molecule has 0 saturated heterocycles. The number of aromatic nitrogens is 4. The third-order valence-electron chi connectivity index (χ3n) is 4.88. The van der Waals surface area contributed by atoms with Crippen molar-refractivity contribution in [2.24, 2.45) is 14.1 Å². The molecule has 2 heterocycles. The fourth-order valence-electron chi connectivity index (χ4n) is 3.01. The van der Waals surface area contributed by atoms with Crippen molar-refractivity contribution >= 4 is 34.4 Å². The van der Waals surface area contributed by atoms with Crippen LogP contribution in [0.3, 0.4) is 0 Å². The Kier molecular flexibility index (Phi) is 7.44. The molecule has 0 aliphatic carbocycles. The lowest BCUT2D eigenvalue weighted by molar-refractivity contribution is 0.0398. The number of ether oxygens (including phenoxy) is 1. The van der Waals surface area contributed by atoms with Crippen molar-refractivity contribution in [2.45, 2.75) is 43.9 Å². The molecule has 0 aliphatic rings. The first-order valence-electron chi connectivity index (χ1n) is 10.1. The molecule has 0 unspecified atom stereocenters. The minimum absolute atomic E-state index is 0.101. The zero-order chi connectivity index (χ0) is 23.6. The maximum Gasteiger partial charge on any atom is 0.332 e. The second-order valence-corrected chi connectivity index (χ2v) is 9.99. The van der Waals surface area contributed by atoms with Crippen LogP contribution >= 0.6 is 23.4 Å². The van der Waals surface area contributed by atoms with Crippen LogP contribution in [0.1, 0.15) is 32.2 Å². The second-order valence-electron chi connectivity index (χ2n) is 8.58. The largest absolute Gasteiger partial charge is 0.390 e. The van der Waals surface area contributed by atoms with Crippen molar-refractivity contribution < 1.29 is 9.84 Å². The molecule has 172 valence electrons. The summed E-state index contributed by atoms with van der Waals surface area (Å²) in [6.07, 6.45) is -0.790. The van der Waals surface area contributed by atoms with Crippen LogP contribution in [0.15, 0.2) is 38.9 Å². The van der Waals surface area contributed by atoms with Gasteiger partial charge in [0.15, 0.2) is 5.65 Å². The molecule has 0 spiro atoms. The molecule has 8 nitrogen and oxygen atoms in total. The Balaban J connectivity index is 1.83. The maximum absolute atomic E-state index is 12.8. The highest BCUT2D eigenvalue weighted by Crippen LogP contribution is 2.27. The minimum atomic E-state index is -0.790. The van der Waals surface area contributed by atoms with Crippen LogP contribution in [-0.2, 0) is 30.9 Å². The molecule has 0 fully saturated rings. The van der Waals surface area contributed by atoms with Gasteiger partial charge in [0.25, 0.3) is 5.56 Å². The Labute approximate surface area is 195 Å². The fraction of sp³-hybridized carbons (Fsp3) is 0.455. The first kappa shape index (κ1) is 24.4. The highest BCUT2D eigenvalue weighted by molar-refractivity contribution is 7.99. The van der Waals surface area contributed by atoms with Gasteiger partial charge in [-0.05, 0) is 11.6 Å². The van der Waals surface area contributed by atoms with Crippen molar-refractivity contribution in [2.75, 3.05) is 12.4 Å². The van der Waals surface area contributed by atoms with E-state index in [-0.39, 0.29) is 30.0 Å². The zero-order valence-electron chi connectivity index (χ0n) is 18.8. The molecule has 3 aromatic rings. The molecule has 1 atom stereocenters. The molecule has 0 bridgehead atoms. The molecule has 10 heteroatoms. The number of fused-ring (bicyclic) bond motifs is 1. The van der Waals surface area contributed by atoms with E-state index in [0.717, 1.165) is 10.1 Å². The van der Waals surface area contributed by atoms with Gasteiger partial charge in [-0.25, -0.2) is 14.8 Å². The molecule has 3 rings (SSSR count). The van der Waals surface area contributed by atoms with Crippen LogP contribution in [0.25, 0.3) is 11.0 Å². The van der Waals surface area contributed by atoms with E-state index in [4.69, 9.17) is 16.3 Å². The van der Waals surface area contributed by atoms with Gasteiger partial charge >= 0.3 is 5.69 Å². The Morgan fingerprint density at radius 2 is 1.84 bits per heavy atom. The molecule has 0 aliphatic heterocycles. The van der Waals surface area contributed by atoms with Crippen molar-refractivity contribution in [1.82, 2.24) is 19.1 Å². The summed E-state index contributed by atoms with van der Waals surface area (Å²) in [6, 6.07) is 7.37. The summed E-state index contributed by atoms with van der Waals surface area (Å²) in [6.45, 7) is 6.26. The number of benzene rings is 1. The van der Waals surface area contributed by atoms with E-state index in [1.54, 1.807) is 13.1 Å². The molecule has 0 radical (unpaired) electrons. The first-order chi connectivity index (χ1) is 15.0. The van der Waals surface area contributed by atoms with Gasteiger partial charge < -0.3 is 9.84 Å². The first-order valence-corrected chi connectivity index (χ1v) is 11.5. The van der Waals surface area contributed by atoms with Gasteiger partial charge in [0.1, 0.15) is 16.2 Å². The van der Waals surface area contributed by atoms with Crippen molar-refractivity contribution in [3.63, 3.8) is 0 Å². The van der Waals surface area contributed by atoms with Gasteiger partial charge in [0.05, 0.1) is 19.3 Å². The van der Waals surface area contributed by atoms with E-state index < -0.39 is 22.8 Å². The average Bonchev–Trinajstić information content (AvgIpc) is 2.74. The van der Waals surface area contributed by atoms with Crippen molar-refractivity contribution in [1.29, 1.82) is 0 Å². The summed E-state index contributed by atoms with van der Waals surface area (Å²) < 4.78 is 7.99. The quantitative estimate of drug-likeness (QED) is 0.411. The summed E-state index contributed by atoms with van der Waals surface area (Å²) in [4.78, 5) is 34.4. The zero-order valence-corrected chi connectivity index (χ0v) is 20.3. The van der Waals surface area contributed by atoms with Gasteiger partial charge in [-0.15, -0.1) is 11.8 Å². The number of aliphatic hydroxyl groups is 1. The van der Waals surface area contributed by atoms with Crippen LogP contribution in [0.4, 0.5) is 0 Å². The molecule has 2 aromatic heterocycles. The number of aryl methyl sites for hydroxylation is 1. The van der Waals surface area contributed by atoms with E-state index >= 15 is 0 Å². The van der Waals surface area contributed by atoms with E-state index in [1.165, 1.54) is 23.4 Å². The number of hydrogen-bond donors (Lipinski definition) is 1. The normalized spacial score (nSPS) is 13.0. The minimum Gasteiger partial charge on any atom is -0.390 e. The second kappa shape index (κ2) is 9.74. The van der Waals surface area contributed by atoms with E-state index in [9.17, 15) is 14.7 Å². The summed E-state index contributed by atoms with van der Waals surface area (Å²) >= 11 is 7.36. The van der Waals surface area contributed by atoms with Crippen LogP contribution in [0, 0.1) is 0 Å². The smallest absolute Gasteiger partial charge is 0.332 e. The number of rotatable bonds is 7. The fourth-order valence-corrected chi connectivity index (χ4v) is 4.12. The number of hydrogen-bond acceptors (Lipinski definition) is 7. The number of nitrogens with zero attached hydrogens (tertiary/aromatic N) is 4. The average molecular weight is 479 g/mol. The Bertz CT molecular complexity index is 1250. The topological polar surface area (TPSA) is 99.2 Å². The van der Waals surface area contributed by atoms with Crippen LogP contribution in [0.5, 0.6) is 0 Å². The van der Waals surface area contributed by atoms with Gasteiger partial charge in [-0.2, -0.15) is 0 Å². The van der Waals surface area contributed by atoms with Crippen LogP contribution < -0.4 is 11.2 Å². The maximum atomic E-state index is 12.8. The summed E-state index contributed by atoms with van der Waals surface area (Å²) in [5.41, 5.74) is -0.183. The van der Waals surface area contributed by atoms with E-state index in [0.29, 0.717) is 15.9 Å². The molecular weight excluding hydrogens is 452 g/mol. The lowest BCUT2D eigenvalue weighted by Crippen LogP contribution is -2.38. The monoisotopic (exact) mass is 478 g/mol. The lowest BCUT2D eigenvalue weighted by Gasteiger charge is -2.19. The standard InChI is InChI=1S/C22H27ClN4O4S/c1-22(2,3)20-24-17-16(19(29)27(5)21(30)26(17)4)18(25-20)32-12-14(28)11-31-10-13-8-6-7-9-15(13)23/h6-9,14,28H,10-12H2,1-5H3/t14-/m0/s1. The van der Waals surface area contributed by atoms with Gasteiger partial charge in [-0.1, -0.05) is 50.6 Å². The van der Waals surface area contributed by atoms with Crippen molar-refractivity contribution in [3.8, 4) is 0 Å². The number of halogens is 1. The Hall–Kier alpha value is -2.20. The van der Waals surface area contributed by atoms with Gasteiger partial charge in [0.2, 0.25) is 0 Å². The third-order valence-corrected chi connectivity index (χ3v) is 6.36. The van der Waals surface area contributed by atoms with Gasteiger partial charge in [0, 0.05) is 30.3 Å². The Morgan fingerprint density at radius 1 is 1.16 bits per heavy atom. The highest BCUT2D eigenvalue weighted by atomic mass is 35.5. The number of thioether (sulfide) groups is 1. The number of aliphatic hydroxyl groups excluding tert-OH is 1. The van der Waals surface area contributed by atoms with Crippen molar-refractivity contribution in [3.05, 3.63) is 61.5 Å². The molecule has 32 heavy (non-hydrogen) atoms. The van der Waals surface area contributed by atoms with Crippen LogP contribution in [0.2, 0.25) is 5.02 Å². The summed E-state index contributed by atoms with van der Waals surface area (Å²) in [7, 11) is 3.00. The summed E-state index contributed by atoms with van der Waals surface area (Å²) in [5, 5.41) is 11.7. The predicted octanol–water partition coefficient (Wildman–Crippen LogP) is 2.65. The van der Waals surface area contributed by atoms with E-state index in [1.807, 2.05) is 39.0 Å². The molecule has 1 N–H and O–H groups in total. The Morgan fingerprint density at radius 3 is 2.50 bits per heavy atom. The molecule has 0 saturated carbocycles. The lowest BCUT2D eigenvalue weighted by atomic mass is 9.96. The molecule has 1 aromatic carbocycles. The summed E-state index contributed by atoms with van der Waals surface area (Å²) in [5.74, 6) is 0.768. The van der Waals surface area contributed by atoms with Gasteiger partial charge in [-0.3, -0.25) is 13.9 Å². The predicted molar refractivity (Wildman–Crippen MR) is 127 cm³/mol. The SMILES string of the molecule is Cn1c(=O)c2c(SC[C@@H](O)COCc3ccccc3Cl)nc(C(C)(C)C)nc2n(C)c1=O. The van der Waals surface area contributed by atoms with Crippen LogP contribution in [-0.4, -0.2) is 42.7 Å². The third kappa shape index (κ3) is 5.23. The van der Waals surface area contributed by atoms with E-state index in [2.05, 4.69) is 9.97 Å². The molecular formula is C22H27ClN4O4S. The molecule has 0 amide bonds.